The van der Waals surface area contributed by atoms with Gasteiger partial charge in [0.2, 0.25) is 0 Å². The van der Waals surface area contributed by atoms with Crippen LogP contribution in [-0.4, -0.2) is 29.8 Å². The molecule has 0 radical (unpaired) electrons. The Kier molecular flexibility index (Phi) is 6.49. The quantitative estimate of drug-likeness (QED) is 0.492. The van der Waals surface area contributed by atoms with E-state index >= 15 is 0 Å². The molecule has 9 heteroatoms. The lowest BCUT2D eigenvalue weighted by Gasteiger charge is -2.15. The summed E-state index contributed by atoms with van der Waals surface area (Å²) < 4.78 is 12.3. The van der Waals surface area contributed by atoms with Crippen LogP contribution in [0.2, 0.25) is 5.02 Å². The predicted octanol–water partition coefficient (Wildman–Crippen LogP) is 4.27. The van der Waals surface area contributed by atoms with Gasteiger partial charge in [0.15, 0.2) is 5.11 Å². The van der Waals surface area contributed by atoms with E-state index in [0.29, 0.717) is 33.0 Å². The van der Waals surface area contributed by atoms with Gasteiger partial charge in [0.1, 0.15) is 17.2 Å². The number of rotatable bonds is 6. The van der Waals surface area contributed by atoms with Gasteiger partial charge in [0, 0.05) is 30.6 Å². The Balaban J connectivity index is 1.74. The fourth-order valence-corrected chi connectivity index (χ4v) is 3.51. The van der Waals surface area contributed by atoms with Crippen LogP contribution in [0.25, 0.3) is 11.1 Å². The zero-order valence-corrected chi connectivity index (χ0v) is 18.2. The van der Waals surface area contributed by atoms with E-state index in [9.17, 15) is 4.79 Å². The molecule has 3 aromatic rings. The van der Waals surface area contributed by atoms with Gasteiger partial charge in [0.05, 0.1) is 24.9 Å². The van der Waals surface area contributed by atoms with E-state index < -0.39 is 5.91 Å². The van der Waals surface area contributed by atoms with Crippen LogP contribution in [-0.2, 0) is 7.05 Å². The van der Waals surface area contributed by atoms with Crippen molar-refractivity contribution in [2.45, 2.75) is 0 Å². The van der Waals surface area contributed by atoms with E-state index in [1.165, 1.54) is 7.11 Å². The summed E-state index contributed by atoms with van der Waals surface area (Å²) >= 11 is 11.6. The molecule has 1 aromatic heterocycles. The highest BCUT2D eigenvalue weighted by molar-refractivity contribution is 7.80. The van der Waals surface area contributed by atoms with Crippen LogP contribution in [0.5, 0.6) is 11.5 Å². The molecular formula is C21H21ClN4O3S. The molecule has 0 saturated carbocycles. The normalized spacial score (nSPS) is 10.4. The van der Waals surface area contributed by atoms with Crippen molar-refractivity contribution < 1.29 is 14.3 Å². The molecule has 1 heterocycles. The molecule has 0 fully saturated rings. The van der Waals surface area contributed by atoms with Crippen LogP contribution < -0.4 is 25.8 Å². The highest BCUT2D eigenvalue weighted by Gasteiger charge is 2.14. The first kappa shape index (κ1) is 21.5. The number of methoxy groups -OCH3 is 2. The van der Waals surface area contributed by atoms with Crippen molar-refractivity contribution in [3.05, 3.63) is 59.4 Å². The van der Waals surface area contributed by atoms with E-state index in [4.69, 9.17) is 39.0 Å². The Morgan fingerprint density at radius 1 is 1.07 bits per heavy atom. The van der Waals surface area contributed by atoms with E-state index in [2.05, 4.69) is 10.6 Å². The zero-order chi connectivity index (χ0) is 21.8. The smallest absolute Gasteiger partial charge is 0.265 e. The zero-order valence-electron chi connectivity index (χ0n) is 16.7. The molecule has 156 valence electrons. The topological polar surface area (TPSA) is 90.5 Å². The second-order valence-corrected chi connectivity index (χ2v) is 7.21. The Hall–Kier alpha value is -3.23. The summed E-state index contributed by atoms with van der Waals surface area (Å²) in [7, 11) is 4.86. The van der Waals surface area contributed by atoms with Crippen LogP contribution in [0.3, 0.4) is 0 Å². The van der Waals surface area contributed by atoms with E-state index in [1.807, 2.05) is 30.3 Å². The molecule has 0 bridgehead atoms. The molecule has 0 unspecified atom stereocenters. The number of hydrogen-bond donors (Lipinski definition) is 3. The third-order valence-corrected chi connectivity index (χ3v) is 4.98. The number of thiocarbonyl (C=S) groups is 1. The maximum atomic E-state index is 11.7. The predicted molar refractivity (Wildman–Crippen MR) is 124 cm³/mol. The number of carbonyl (C=O) groups is 1. The molecule has 3 rings (SSSR count). The standard InChI is InChI=1S/C21H21ClN4O3S/c1-26-9-8-14(19(26)20(23)27)12-4-6-13(7-5-12)24-21(30)25-16-10-15(22)17(28-2)11-18(16)29-3/h4-11H,1-3H3,(H2,23,27)(H2,24,25,30). The van der Waals surface area contributed by atoms with Gasteiger partial charge < -0.3 is 30.4 Å². The second-order valence-electron chi connectivity index (χ2n) is 6.40. The first-order chi connectivity index (χ1) is 14.3. The summed E-state index contributed by atoms with van der Waals surface area (Å²) in [5, 5.41) is 6.96. The van der Waals surface area contributed by atoms with Gasteiger partial charge in [-0.1, -0.05) is 23.7 Å². The van der Waals surface area contributed by atoms with E-state index in [-0.39, 0.29) is 0 Å². The van der Waals surface area contributed by atoms with Gasteiger partial charge in [-0.25, -0.2) is 0 Å². The number of hydrogen-bond acceptors (Lipinski definition) is 4. The van der Waals surface area contributed by atoms with Crippen LogP contribution in [0.15, 0.2) is 48.7 Å². The Labute approximate surface area is 184 Å². The van der Waals surface area contributed by atoms with Crippen LogP contribution >= 0.6 is 23.8 Å². The van der Waals surface area contributed by atoms with Crippen molar-refractivity contribution in [1.29, 1.82) is 0 Å². The van der Waals surface area contributed by atoms with Gasteiger partial charge in [-0.2, -0.15) is 0 Å². The Morgan fingerprint density at radius 3 is 2.33 bits per heavy atom. The molecule has 7 nitrogen and oxygen atoms in total. The number of nitrogens with zero attached hydrogens (tertiary/aromatic N) is 1. The number of ether oxygens (including phenoxy) is 2. The van der Waals surface area contributed by atoms with Crippen LogP contribution in [0.4, 0.5) is 11.4 Å². The summed E-state index contributed by atoms with van der Waals surface area (Å²) in [5.74, 6) is 0.570. The lowest BCUT2D eigenvalue weighted by atomic mass is 10.1. The first-order valence-corrected chi connectivity index (χ1v) is 9.67. The van der Waals surface area contributed by atoms with Crippen LogP contribution in [0.1, 0.15) is 10.5 Å². The van der Waals surface area contributed by atoms with Crippen molar-refractivity contribution in [3.63, 3.8) is 0 Å². The SMILES string of the molecule is COc1cc(OC)c(NC(=S)Nc2ccc(-c3ccn(C)c3C(N)=O)cc2)cc1Cl. The number of nitrogens with one attached hydrogen (secondary N) is 2. The maximum absolute atomic E-state index is 11.7. The van der Waals surface area contributed by atoms with Gasteiger partial charge in [-0.15, -0.1) is 0 Å². The molecular weight excluding hydrogens is 424 g/mol. The Morgan fingerprint density at radius 2 is 1.73 bits per heavy atom. The minimum absolute atomic E-state index is 0.361. The molecule has 0 aliphatic rings. The number of carbonyl (C=O) groups excluding carboxylic acids is 1. The summed E-state index contributed by atoms with van der Waals surface area (Å²) in [6.45, 7) is 0. The fraction of sp³-hybridized carbons (Fsp3) is 0.143. The molecule has 0 spiro atoms. The van der Waals surface area contributed by atoms with Crippen molar-refractivity contribution in [2.24, 2.45) is 12.8 Å². The number of benzene rings is 2. The molecule has 30 heavy (non-hydrogen) atoms. The molecule has 1 amide bonds. The fourth-order valence-electron chi connectivity index (χ4n) is 3.04. The number of aryl methyl sites for hydroxylation is 1. The van der Waals surface area contributed by atoms with Crippen molar-refractivity contribution >= 4 is 46.2 Å². The van der Waals surface area contributed by atoms with Crippen molar-refractivity contribution in [2.75, 3.05) is 24.9 Å². The number of nitrogens with two attached hydrogens (primary N) is 1. The minimum atomic E-state index is -0.475. The number of aromatic nitrogens is 1. The molecule has 2 aromatic carbocycles. The van der Waals surface area contributed by atoms with Crippen LogP contribution in [0, 0.1) is 0 Å². The van der Waals surface area contributed by atoms with Crippen molar-refractivity contribution in [3.8, 4) is 22.6 Å². The largest absolute Gasteiger partial charge is 0.495 e. The molecule has 0 aliphatic carbocycles. The van der Waals surface area contributed by atoms with Gasteiger partial charge in [-0.3, -0.25) is 4.79 Å². The number of halogens is 1. The number of amides is 1. The average Bonchev–Trinajstić information content (AvgIpc) is 3.10. The number of anilines is 2. The highest BCUT2D eigenvalue weighted by atomic mass is 35.5. The minimum Gasteiger partial charge on any atom is -0.495 e. The summed E-state index contributed by atoms with van der Waals surface area (Å²) in [4.78, 5) is 11.7. The average molecular weight is 445 g/mol. The third-order valence-electron chi connectivity index (χ3n) is 4.48. The molecule has 0 aliphatic heterocycles. The lowest BCUT2D eigenvalue weighted by Crippen LogP contribution is -2.19. The lowest BCUT2D eigenvalue weighted by molar-refractivity contribution is 0.0993. The molecule has 4 N–H and O–H groups in total. The molecule has 0 atom stereocenters. The summed E-state index contributed by atoms with van der Waals surface area (Å²) in [5.41, 5.74) is 8.97. The van der Waals surface area contributed by atoms with E-state index in [0.717, 1.165) is 16.8 Å². The number of primary amides is 1. The van der Waals surface area contributed by atoms with Gasteiger partial charge in [-0.05, 0) is 42.0 Å². The second kappa shape index (κ2) is 9.06. The third kappa shape index (κ3) is 4.50. The van der Waals surface area contributed by atoms with Gasteiger partial charge in [0.25, 0.3) is 5.91 Å². The Bertz CT molecular complexity index is 1100. The van der Waals surface area contributed by atoms with Crippen molar-refractivity contribution in [1.82, 2.24) is 4.57 Å². The highest BCUT2D eigenvalue weighted by Crippen LogP contribution is 2.36. The van der Waals surface area contributed by atoms with E-state index in [1.54, 1.807) is 37.1 Å². The monoisotopic (exact) mass is 444 g/mol. The summed E-state index contributed by atoms with van der Waals surface area (Å²) in [6.07, 6.45) is 1.80. The van der Waals surface area contributed by atoms with Gasteiger partial charge >= 0.3 is 0 Å². The first-order valence-electron chi connectivity index (χ1n) is 8.89. The molecule has 0 saturated heterocycles. The summed E-state index contributed by atoms with van der Waals surface area (Å²) in [6, 6.07) is 12.7. The maximum Gasteiger partial charge on any atom is 0.265 e.